The Morgan fingerprint density at radius 1 is 1.33 bits per heavy atom. The van der Waals surface area contributed by atoms with Gasteiger partial charge in [-0.1, -0.05) is 13.8 Å². The number of hydrogen-bond donors (Lipinski definition) is 1. The predicted octanol–water partition coefficient (Wildman–Crippen LogP) is 1.27. The molecule has 0 heterocycles. The minimum Gasteiger partial charge on any atom is -0.329 e. The lowest BCUT2D eigenvalue weighted by atomic mass is 10.2. The number of rotatable bonds is 7. The molecule has 0 atom stereocenters. The first-order valence-electron chi connectivity index (χ1n) is 4.62. The fourth-order valence-electron chi connectivity index (χ4n) is 1.21. The van der Waals surface area contributed by atoms with Crippen molar-refractivity contribution in [3.05, 3.63) is 0 Å². The molecule has 0 unspecified atom stereocenters. The standard InChI is InChI=1S/C9H22N2S/c1-9(2)8-11(5-4-10)6-7-12-3/h9H,4-8,10H2,1-3H3. The molecule has 0 aliphatic carbocycles. The molecule has 0 saturated carbocycles. The van der Waals surface area contributed by atoms with Gasteiger partial charge in [0.1, 0.15) is 0 Å². The molecule has 74 valence electrons. The average Bonchev–Trinajstić information content (AvgIpc) is 2.00. The van der Waals surface area contributed by atoms with E-state index in [4.69, 9.17) is 5.73 Å². The Morgan fingerprint density at radius 3 is 2.42 bits per heavy atom. The molecule has 0 saturated heterocycles. The summed E-state index contributed by atoms with van der Waals surface area (Å²) in [6.45, 7) is 8.68. The van der Waals surface area contributed by atoms with Crippen molar-refractivity contribution >= 4 is 11.8 Å². The molecule has 0 amide bonds. The smallest absolute Gasteiger partial charge is 0.0105 e. The highest BCUT2D eigenvalue weighted by atomic mass is 32.2. The van der Waals surface area contributed by atoms with Crippen LogP contribution in [0.2, 0.25) is 0 Å². The molecule has 0 radical (unpaired) electrons. The van der Waals surface area contributed by atoms with Gasteiger partial charge in [0, 0.05) is 31.9 Å². The lowest BCUT2D eigenvalue weighted by molar-refractivity contribution is 0.265. The van der Waals surface area contributed by atoms with Gasteiger partial charge in [0.15, 0.2) is 0 Å². The van der Waals surface area contributed by atoms with Crippen LogP contribution in [0.3, 0.4) is 0 Å². The molecule has 12 heavy (non-hydrogen) atoms. The van der Waals surface area contributed by atoms with Crippen LogP contribution in [0.15, 0.2) is 0 Å². The summed E-state index contributed by atoms with van der Waals surface area (Å²) in [4.78, 5) is 2.45. The van der Waals surface area contributed by atoms with Crippen molar-refractivity contribution in [1.29, 1.82) is 0 Å². The van der Waals surface area contributed by atoms with Crippen molar-refractivity contribution in [2.45, 2.75) is 13.8 Å². The van der Waals surface area contributed by atoms with Crippen LogP contribution in [0, 0.1) is 5.92 Å². The first kappa shape index (κ1) is 12.3. The highest BCUT2D eigenvalue weighted by Crippen LogP contribution is 2.00. The van der Waals surface area contributed by atoms with Crippen molar-refractivity contribution < 1.29 is 0 Å². The maximum Gasteiger partial charge on any atom is 0.0105 e. The summed E-state index contributed by atoms with van der Waals surface area (Å²) in [6, 6.07) is 0. The minimum atomic E-state index is 0.749. The van der Waals surface area contributed by atoms with E-state index in [1.165, 1.54) is 18.8 Å². The van der Waals surface area contributed by atoms with Crippen LogP contribution in [-0.2, 0) is 0 Å². The monoisotopic (exact) mass is 190 g/mol. The second-order valence-corrected chi connectivity index (χ2v) is 4.46. The fourth-order valence-corrected chi connectivity index (χ4v) is 1.65. The predicted molar refractivity (Wildman–Crippen MR) is 58.7 cm³/mol. The highest BCUT2D eigenvalue weighted by molar-refractivity contribution is 7.98. The van der Waals surface area contributed by atoms with Gasteiger partial charge in [0.05, 0.1) is 0 Å². The summed E-state index contributed by atoms with van der Waals surface area (Å²) < 4.78 is 0. The Bertz CT molecular complexity index is 96.5. The largest absolute Gasteiger partial charge is 0.329 e. The van der Waals surface area contributed by atoms with Crippen molar-refractivity contribution in [2.24, 2.45) is 11.7 Å². The third-order valence-electron chi connectivity index (χ3n) is 1.68. The number of thioether (sulfide) groups is 1. The molecule has 0 aliphatic heterocycles. The normalized spacial score (nSPS) is 11.5. The molecule has 0 aromatic heterocycles. The maximum absolute atomic E-state index is 5.53. The second kappa shape index (κ2) is 7.90. The van der Waals surface area contributed by atoms with Crippen molar-refractivity contribution in [1.82, 2.24) is 4.90 Å². The topological polar surface area (TPSA) is 29.3 Å². The zero-order valence-corrected chi connectivity index (χ0v) is 9.36. The first-order chi connectivity index (χ1) is 5.70. The molecule has 0 spiro atoms. The molecule has 0 rings (SSSR count). The number of nitrogens with two attached hydrogens (primary N) is 1. The fraction of sp³-hybridized carbons (Fsp3) is 1.00. The summed E-state index contributed by atoms with van der Waals surface area (Å²) >= 11 is 1.90. The van der Waals surface area contributed by atoms with Crippen LogP contribution in [0.1, 0.15) is 13.8 Å². The summed E-state index contributed by atoms with van der Waals surface area (Å²) in [5, 5.41) is 0. The van der Waals surface area contributed by atoms with E-state index in [2.05, 4.69) is 25.0 Å². The van der Waals surface area contributed by atoms with Crippen LogP contribution in [0.5, 0.6) is 0 Å². The minimum absolute atomic E-state index is 0.749. The Balaban J connectivity index is 3.54. The van der Waals surface area contributed by atoms with Crippen molar-refractivity contribution in [3.63, 3.8) is 0 Å². The van der Waals surface area contributed by atoms with E-state index in [-0.39, 0.29) is 0 Å². The third-order valence-corrected chi connectivity index (χ3v) is 2.27. The maximum atomic E-state index is 5.53. The molecule has 0 aromatic rings. The zero-order chi connectivity index (χ0) is 9.40. The van der Waals surface area contributed by atoms with Crippen LogP contribution in [0.25, 0.3) is 0 Å². The van der Waals surface area contributed by atoms with Gasteiger partial charge < -0.3 is 10.6 Å². The molecule has 3 heteroatoms. The second-order valence-electron chi connectivity index (χ2n) is 3.48. The molecule has 2 N–H and O–H groups in total. The van der Waals surface area contributed by atoms with Gasteiger partial charge in [-0.05, 0) is 12.2 Å². The molecule has 0 aromatic carbocycles. The van der Waals surface area contributed by atoms with Gasteiger partial charge in [-0.2, -0.15) is 11.8 Å². The molecular formula is C9H22N2S. The summed E-state index contributed by atoms with van der Waals surface area (Å²) in [5.41, 5.74) is 5.53. The number of nitrogens with zero attached hydrogens (tertiary/aromatic N) is 1. The van der Waals surface area contributed by atoms with E-state index >= 15 is 0 Å². The molecular weight excluding hydrogens is 168 g/mol. The molecule has 0 fully saturated rings. The molecule has 2 nitrogen and oxygen atoms in total. The van der Waals surface area contributed by atoms with Gasteiger partial charge in [-0.25, -0.2) is 0 Å². The summed E-state index contributed by atoms with van der Waals surface area (Å²) in [5.74, 6) is 1.96. The Kier molecular flexibility index (Phi) is 8.07. The molecule has 0 bridgehead atoms. The van der Waals surface area contributed by atoms with E-state index in [1.807, 2.05) is 11.8 Å². The Labute approximate surface area is 80.9 Å². The zero-order valence-electron chi connectivity index (χ0n) is 8.55. The van der Waals surface area contributed by atoms with Gasteiger partial charge in [-0.15, -0.1) is 0 Å². The van der Waals surface area contributed by atoms with Crippen LogP contribution in [0.4, 0.5) is 0 Å². The summed E-state index contributed by atoms with van der Waals surface area (Å²) in [6.07, 6.45) is 2.15. The van der Waals surface area contributed by atoms with Gasteiger partial charge in [-0.3, -0.25) is 0 Å². The Morgan fingerprint density at radius 2 is 2.00 bits per heavy atom. The van der Waals surface area contributed by atoms with Crippen molar-refractivity contribution in [3.8, 4) is 0 Å². The lowest BCUT2D eigenvalue weighted by Gasteiger charge is -2.22. The lowest BCUT2D eigenvalue weighted by Crippen LogP contribution is -2.34. The third kappa shape index (κ3) is 6.95. The van der Waals surface area contributed by atoms with Crippen LogP contribution < -0.4 is 5.73 Å². The quantitative estimate of drug-likeness (QED) is 0.655. The van der Waals surface area contributed by atoms with Gasteiger partial charge >= 0.3 is 0 Å². The highest BCUT2D eigenvalue weighted by Gasteiger charge is 2.04. The Hall–Kier alpha value is 0.270. The molecule has 0 aliphatic rings. The van der Waals surface area contributed by atoms with E-state index < -0.39 is 0 Å². The van der Waals surface area contributed by atoms with E-state index in [1.54, 1.807) is 0 Å². The van der Waals surface area contributed by atoms with Gasteiger partial charge in [0.2, 0.25) is 0 Å². The summed E-state index contributed by atoms with van der Waals surface area (Å²) in [7, 11) is 0. The van der Waals surface area contributed by atoms with Gasteiger partial charge in [0.25, 0.3) is 0 Å². The SMILES string of the molecule is CSCCN(CCN)CC(C)C. The van der Waals surface area contributed by atoms with Crippen LogP contribution >= 0.6 is 11.8 Å². The average molecular weight is 190 g/mol. The van der Waals surface area contributed by atoms with E-state index in [9.17, 15) is 0 Å². The van der Waals surface area contributed by atoms with Crippen molar-refractivity contribution in [2.75, 3.05) is 38.2 Å². The first-order valence-corrected chi connectivity index (χ1v) is 6.01. The number of hydrogen-bond acceptors (Lipinski definition) is 3. The van der Waals surface area contributed by atoms with E-state index in [0.29, 0.717) is 0 Å². The van der Waals surface area contributed by atoms with Crippen LogP contribution in [-0.4, -0.2) is 43.1 Å². The van der Waals surface area contributed by atoms with E-state index in [0.717, 1.165) is 19.0 Å².